The van der Waals surface area contributed by atoms with E-state index in [2.05, 4.69) is 9.97 Å². The van der Waals surface area contributed by atoms with Crippen LogP contribution in [0.4, 0.5) is 0 Å². The third-order valence-electron chi connectivity index (χ3n) is 2.36. The van der Waals surface area contributed by atoms with Gasteiger partial charge in [0.15, 0.2) is 10.9 Å². The average molecular weight is 261 g/mol. The van der Waals surface area contributed by atoms with Crippen LogP contribution in [0.25, 0.3) is 0 Å². The maximum atomic E-state index is 5.90. The molecule has 1 atom stereocenters. The first-order valence-electron chi connectivity index (χ1n) is 5.10. The minimum absolute atomic E-state index is 0.323. The first-order valence-corrected chi connectivity index (χ1v) is 6.46. The predicted octanol–water partition coefficient (Wildman–Crippen LogP) is 2.41. The SMILES string of the molecule is COc1c(Cl)ncnc1SCC1CCCO1. The van der Waals surface area contributed by atoms with Gasteiger partial charge in [-0.1, -0.05) is 23.4 Å². The average Bonchev–Trinajstić information content (AvgIpc) is 2.79. The molecular formula is C10H13ClN2O2S. The van der Waals surface area contributed by atoms with Gasteiger partial charge in [0.2, 0.25) is 0 Å². The fourth-order valence-corrected chi connectivity index (χ4v) is 2.87. The Morgan fingerprint density at radius 3 is 3.19 bits per heavy atom. The Balaban J connectivity index is 2.00. The molecule has 1 aromatic rings. The zero-order valence-electron chi connectivity index (χ0n) is 8.98. The van der Waals surface area contributed by atoms with Gasteiger partial charge in [-0.05, 0) is 12.8 Å². The molecule has 1 unspecified atom stereocenters. The molecule has 1 aliphatic heterocycles. The third kappa shape index (κ3) is 2.78. The Morgan fingerprint density at radius 2 is 2.50 bits per heavy atom. The van der Waals surface area contributed by atoms with Crippen molar-refractivity contribution in [3.05, 3.63) is 11.5 Å². The van der Waals surface area contributed by atoms with Crippen molar-refractivity contribution in [1.29, 1.82) is 0 Å². The van der Waals surface area contributed by atoms with Crippen molar-refractivity contribution in [3.63, 3.8) is 0 Å². The van der Waals surface area contributed by atoms with Crippen LogP contribution in [0.3, 0.4) is 0 Å². The van der Waals surface area contributed by atoms with Crippen LogP contribution in [-0.4, -0.2) is 35.5 Å². The van der Waals surface area contributed by atoms with Gasteiger partial charge < -0.3 is 9.47 Å². The third-order valence-corrected chi connectivity index (χ3v) is 3.73. The summed E-state index contributed by atoms with van der Waals surface area (Å²) in [5.74, 6) is 1.43. The van der Waals surface area contributed by atoms with Crippen LogP contribution < -0.4 is 4.74 Å². The fourth-order valence-electron chi connectivity index (χ4n) is 1.56. The Hall–Kier alpha value is -0.520. The molecule has 88 valence electrons. The standard InChI is InChI=1S/C10H13ClN2O2S/c1-14-8-9(11)12-6-13-10(8)16-5-7-3-2-4-15-7/h6-7H,2-5H2,1H3. The molecular weight excluding hydrogens is 248 g/mol. The summed E-state index contributed by atoms with van der Waals surface area (Å²) in [6.07, 6.45) is 4.03. The number of methoxy groups -OCH3 is 1. The van der Waals surface area contributed by atoms with Gasteiger partial charge in [0.1, 0.15) is 11.4 Å². The molecule has 1 aromatic heterocycles. The van der Waals surface area contributed by atoms with Gasteiger partial charge in [-0.25, -0.2) is 9.97 Å². The highest BCUT2D eigenvalue weighted by Crippen LogP contribution is 2.33. The number of nitrogens with zero attached hydrogens (tertiary/aromatic N) is 2. The van der Waals surface area contributed by atoms with Gasteiger partial charge in [-0.2, -0.15) is 0 Å². The van der Waals surface area contributed by atoms with Crippen molar-refractivity contribution >= 4 is 23.4 Å². The highest BCUT2D eigenvalue weighted by molar-refractivity contribution is 7.99. The van der Waals surface area contributed by atoms with Crippen molar-refractivity contribution in [3.8, 4) is 5.75 Å². The summed E-state index contributed by atoms with van der Waals surface area (Å²) in [6.45, 7) is 0.868. The van der Waals surface area contributed by atoms with E-state index in [4.69, 9.17) is 21.1 Å². The van der Waals surface area contributed by atoms with Gasteiger partial charge in [0.25, 0.3) is 0 Å². The molecule has 0 bridgehead atoms. The molecule has 16 heavy (non-hydrogen) atoms. The molecule has 0 aliphatic carbocycles. The minimum atomic E-state index is 0.323. The Bertz CT molecular complexity index is 359. The molecule has 2 heterocycles. The van der Waals surface area contributed by atoms with E-state index in [1.54, 1.807) is 18.9 Å². The van der Waals surface area contributed by atoms with Crippen LogP contribution in [0.15, 0.2) is 11.4 Å². The normalized spacial score (nSPS) is 20.0. The summed E-state index contributed by atoms with van der Waals surface area (Å²) < 4.78 is 10.7. The van der Waals surface area contributed by atoms with E-state index in [1.807, 2.05) is 0 Å². The zero-order chi connectivity index (χ0) is 11.4. The quantitative estimate of drug-likeness (QED) is 0.614. The van der Waals surface area contributed by atoms with Gasteiger partial charge in [-0.3, -0.25) is 0 Å². The second-order valence-corrected chi connectivity index (χ2v) is 4.82. The monoisotopic (exact) mass is 260 g/mol. The van der Waals surface area contributed by atoms with E-state index in [0.29, 0.717) is 17.0 Å². The lowest BCUT2D eigenvalue weighted by Crippen LogP contribution is -2.08. The highest BCUT2D eigenvalue weighted by atomic mass is 35.5. The molecule has 0 spiro atoms. The number of rotatable bonds is 4. The molecule has 1 aliphatic rings. The number of thioether (sulfide) groups is 1. The van der Waals surface area contributed by atoms with Gasteiger partial charge in [0, 0.05) is 12.4 Å². The zero-order valence-corrected chi connectivity index (χ0v) is 10.6. The topological polar surface area (TPSA) is 44.2 Å². The van der Waals surface area contributed by atoms with Crippen molar-refractivity contribution < 1.29 is 9.47 Å². The summed E-state index contributed by atoms with van der Waals surface area (Å²) >= 11 is 7.50. The molecule has 6 heteroatoms. The van der Waals surface area contributed by atoms with Crippen LogP contribution in [0, 0.1) is 0 Å². The summed E-state index contributed by atoms with van der Waals surface area (Å²) in [6, 6.07) is 0. The van der Waals surface area contributed by atoms with Crippen molar-refractivity contribution in [1.82, 2.24) is 9.97 Å². The molecule has 0 aromatic carbocycles. The first kappa shape index (κ1) is 12.0. The smallest absolute Gasteiger partial charge is 0.188 e. The van der Waals surface area contributed by atoms with E-state index in [0.717, 1.165) is 30.2 Å². The summed E-state index contributed by atoms with van der Waals surface area (Å²) in [4.78, 5) is 8.03. The van der Waals surface area contributed by atoms with E-state index in [-0.39, 0.29) is 0 Å². The van der Waals surface area contributed by atoms with Crippen molar-refractivity contribution in [2.24, 2.45) is 0 Å². The van der Waals surface area contributed by atoms with Crippen LogP contribution in [0.2, 0.25) is 5.15 Å². The number of aromatic nitrogens is 2. The largest absolute Gasteiger partial charge is 0.491 e. The van der Waals surface area contributed by atoms with E-state index in [1.165, 1.54) is 6.33 Å². The molecule has 0 saturated carbocycles. The lowest BCUT2D eigenvalue weighted by molar-refractivity contribution is 0.129. The van der Waals surface area contributed by atoms with Crippen LogP contribution in [0.5, 0.6) is 5.75 Å². The molecule has 1 saturated heterocycles. The number of hydrogen-bond donors (Lipinski definition) is 0. The number of hydrogen-bond acceptors (Lipinski definition) is 5. The van der Waals surface area contributed by atoms with Crippen LogP contribution in [0.1, 0.15) is 12.8 Å². The number of ether oxygens (including phenoxy) is 2. The minimum Gasteiger partial charge on any atom is -0.491 e. The fraction of sp³-hybridized carbons (Fsp3) is 0.600. The predicted molar refractivity (Wildman–Crippen MR) is 63.3 cm³/mol. The van der Waals surface area contributed by atoms with Crippen LogP contribution >= 0.6 is 23.4 Å². The molecule has 0 radical (unpaired) electrons. The molecule has 1 fully saturated rings. The van der Waals surface area contributed by atoms with Crippen LogP contribution in [-0.2, 0) is 4.74 Å². The van der Waals surface area contributed by atoms with E-state index in [9.17, 15) is 0 Å². The molecule has 4 nitrogen and oxygen atoms in total. The molecule has 0 N–H and O–H groups in total. The summed E-state index contributed by atoms with van der Waals surface area (Å²) in [5, 5.41) is 1.13. The van der Waals surface area contributed by atoms with Gasteiger partial charge in [0.05, 0.1) is 13.2 Å². The summed E-state index contributed by atoms with van der Waals surface area (Å²) in [5.41, 5.74) is 0. The maximum Gasteiger partial charge on any atom is 0.188 e. The Labute approximate surface area is 104 Å². The number of halogens is 1. The second kappa shape index (κ2) is 5.70. The highest BCUT2D eigenvalue weighted by Gasteiger charge is 2.18. The summed E-state index contributed by atoms with van der Waals surface area (Å²) in [7, 11) is 1.57. The lowest BCUT2D eigenvalue weighted by atomic mass is 10.3. The molecule has 0 amide bonds. The lowest BCUT2D eigenvalue weighted by Gasteiger charge is -2.10. The molecule has 2 rings (SSSR count). The van der Waals surface area contributed by atoms with Crippen molar-refractivity contribution in [2.75, 3.05) is 19.5 Å². The second-order valence-electron chi connectivity index (χ2n) is 3.45. The Kier molecular flexibility index (Phi) is 4.26. The van der Waals surface area contributed by atoms with Crippen molar-refractivity contribution in [2.45, 2.75) is 24.0 Å². The van der Waals surface area contributed by atoms with E-state index < -0.39 is 0 Å². The maximum absolute atomic E-state index is 5.90. The van der Waals surface area contributed by atoms with Gasteiger partial charge >= 0.3 is 0 Å². The van der Waals surface area contributed by atoms with Gasteiger partial charge in [-0.15, -0.1) is 0 Å². The van der Waals surface area contributed by atoms with E-state index >= 15 is 0 Å². The first-order chi connectivity index (χ1) is 7.81. The Morgan fingerprint density at radius 1 is 1.62 bits per heavy atom.